The maximum atomic E-state index is 11.9. The third-order valence-corrected chi connectivity index (χ3v) is 4.19. The second kappa shape index (κ2) is 9.63. The summed E-state index contributed by atoms with van der Waals surface area (Å²) in [5.74, 6) is -0.228. The number of carbonyl (C=O) groups is 2. The van der Waals surface area contributed by atoms with Gasteiger partial charge in [-0.15, -0.1) is 0 Å². The molecule has 2 aromatic rings. The first-order valence-electron chi connectivity index (χ1n) is 7.81. The Bertz CT molecular complexity index is 777. The van der Waals surface area contributed by atoms with Crippen LogP contribution in [0.2, 0.25) is 0 Å². The van der Waals surface area contributed by atoms with E-state index >= 15 is 0 Å². The smallest absolute Gasteiger partial charge is 0.251 e. The molecule has 0 saturated heterocycles. The summed E-state index contributed by atoms with van der Waals surface area (Å²) in [5, 5.41) is 5.63. The lowest BCUT2D eigenvalue weighted by Crippen LogP contribution is -2.27. The fourth-order valence-electron chi connectivity index (χ4n) is 2.07. The van der Waals surface area contributed by atoms with Gasteiger partial charge in [0.05, 0.1) is 17.9 Å². The van der Waals surface area contributed by atoms with Crippen LogP contribution in [-0.4, -0.2) is 41.1 Å². The minimum absolute atomic E-state index is 0.0251. The normalized spacial score (nSPS) is 10.3. The van der Waals surface area contributed by atoms with E-state index in [0.29, 0.717) is 17.4 Å². The van der Waals surface area contributed by atoms with Crippen LogP contribution in [0.1, 0.15) is 11.3 Å². The maximum absolute atomic E-state index is 11.9. The van der Waals surface area contributed by atoms with E-state index in [0.717, 1.165) is 23.7 Å². The van der Waals surface area contributed by atoms with Crippen LogP contribution in [0.3, 0.4) is 0 Å². The quantitative estimate of drug-likeness (QED) is 0.470. The van der Waals surface area contributed by atoms with Gasteiger partial charge in [0.25, 0.3) is 5.56 Å². The molecule has 132 valence electrons. The van der Waals surface area contributed by atoms with Gasteiger partial charge in [0.2, 0.25) is 11.8 Å². The maximum Gasteiger partial charge on any atom is 0.251 e. The lowest BCUT2D eigenvalue weighted by molar-refractivity contribution is -0.120. The number of aromatic amines is 1. The summed E-state index contributed by atoms with van der Waals surface area (Å²) in [6.07, 6.45) is 0.783. The van der Waals surface area contributed by atoms with Crippen molar-refractivity contribution in [3.05, 3.63) is 58.0 Å². The molecule has 3 N–H and O–H groups in total. The van der Waals surface area contributed by atoms with E-state index in [-0.39, 0.29) is 29.5 Å². The van der Waals surface area contributed by atoms with Crippen molar-refractivity contribution in [1.82, 2.24) is 20.6 Å². The van der Waals surface area contributed by atoms with Gasteiger partial charge in [-0.2, -0.15) is 0 Å². The molecular weight excluding hydrogens is 340 g/mol. The van der Waals surface area contributed by atoms with E-state index in [9.17, 15) is 14.4 Å². The first kappa shape index (κ1) is 18.7. The summed E-state index contributed by atoms with van der Waals surface area (Å²) < 4.78 is 0. The lowest BCUT2D eigenvalue weighted by atomic mass is 10.1. The van der Waals surface area contributed by atoms with Gasteiger partial charge in [0, 0.05) is 19.7 Å². The zero-order chi connectivity index (χ0) is 18.1. The van der Waals surface area contributed by atoms with Crippen LogP contribution < -0.4 is 16.2 Å². The average molecular weight is 360 g/mol. The number of likely N-dealkylation sites (N-methyl/N-ethyl adjacent to an activating group) is 1. The standard InChI is InChI=1S/C17H20N4O3S/c1-18-14(22)9-13-10-15(23)21-17(20-13)25-11-16(24)19-8-7-12-5-3-2-4-6-12/h2-6,10H,7-9,11H2,1H3,(H,18,22)(H,19,24)(H,20,21,23). The van der Waals surface area contributed by atoms with E-state index in [1.165, 1.54) is 13.1 Å². The zero-order valence-corrected chi connectivity index (χ0v) is 14.7. The van der Waals surface area contributed by atoms with Crippen molar-refractivity contribution in [3.63, 3.8) is 0 Å². The van der Waals surface area contributed by atoms with Crippen LogP contribution in [0.15, 0.2) is 46.3 Å². The third kappa shape index (κ3) is 6.80. The van der Waals surface area contributed by atoms with Crippen LogP contribution in [0.25, 0.3) is 0 Å². The molecule has 25 heavy (non-hydrogen) atoms. The molecule has 0 fully saturated rings. The predicted molar refractivity (Wildman–Crippen MR) is 96.5 cm³/mol. The summed E-state index contributed by atoms with van der Waals surface area (Å²) in [6.45, 7) is 0.546. The lowest BCUT2D eigenvalue weighted by Gasteiger charge is -2.06. The van der Waals surface area contributed by atoms with Crippen molar-refractivity contribution in [2.24, 2.45) is 0 Å². The number of nitrogens with one attached hydrogen (secondary N) is 3. The van der Waals surface area contributed by atoms with Crippen LogP contribution in [0, 0.1) is 0 Å². The van der Waals surface area contributed by atoms with Gasteiger partial charge >= 0.3 is 0 Å². The minimum atomic E-state index is -0.346. The number of carbonyl (C=O) groups excluding carboxylic acids is 2. The van der Waals surface area contributed by atoms with Gasteiger partial charge < -0.3 is 15.6 Å². The van der Waals surface area contributed by atoms with Gasteiger partial charge in [-0.25, -0.2) is 4.98 Å². The molecule has 0 saturated carbocycles. The van der Waals surface area contributed by atoms with Crippen LogP contribution in [0.5, 0.6) is 0 Å². The van der Waals surface area contributed by atoms with E-state index in [4.69, 9.17) is 0 Å². The molecule has 0 unspecified atom stereocenters. The molecule has 7 nitrogen and oxygen atoms in total. The number of thioether (sulfide) groups is 1. The monoisotopic (exact) mass is 360 g/mol. The Morgan fingerprint density at radius 3 is 2.68 bits per heavy atom. The van der Waals surface area contributed by atoms with Crippen molar-refractivity contribution >= 4 is 23.6 Å². The molecule has 0 bridgehead atoms. The molecule has 1 aromatic carbocycles. The number of rotatable bonds is 8. The van der Waals surface area contributed by atoms with Gasteiger partial charge in [-0.05, 0) is 12.0 Å². The Labute approximate surface area is 149 Å². The number of aromatic nitrogens is 2. The molecule has 8 heteroatoms. The van der Waals surface area contributed by atoms with Gasteiger partial charge in [-0.1, -0.05) is 42.1 Å². The fraction of sp³-hybridized carbons (Fsp3) is 0.294. The highest BCUT2D eigenvalue weighted by Crippen LogP contribution is 2.11. The Hall–Kier alpha value is -2.61. The second-order valence-electron chi connectivity index (χ2n) is 5.27. The number of hydrogen-bond acceptors (Lipinski definition) is 5. The van der Waals surface area contributed by atoms with Gasteiger partial charge in [-0.3, -0.25) is 14.4 Å². The first-order valence-corrected chi connectivity index (χ1v) is 8.79. The molecular formula is C17H20N4O3S. The summed E-state index contributed by atoms with van der Waals surface area (Å²) in [4.78, 5) is 41.6. The summed E-state index contributed by atoms with van der Waals surface area (Å²) in [5.41, 5.74) is 1.18. The van der Waals surface area contributed by atoms with E-state index < -0.39 is 0 Å². The molecule has 2 rings (SSSR count). The number of hydrogen-bond donors (Lipinski definition) is 3. The van der Waals surface area contributed by atoms with Crippen molar-refractivity contribution in [2.75, 3.05) is 19.3 Å². The summed E-state index contributed by atoms with van der Waals surface area (Å²) >= 11 is 1.13. The molecule has 0 radical (unpaired) electrons. The molecule has 2 amide bonds. The number of benzene rings is 1. The van der Waals surface area contributed by atoms with Crippen molar-refractivity contribution < 1.29 is 9.59 Å². The molecule has 0 atom stereocenters. The number of amides is 2. The Morgan fingerprint density at radius 2 is 1.96 bits per heavy atom. The summed E-state index contributed by atoms with van der Waals surface area (Å²) in [6, 6.07) is 11.2. The third-order valence-electron chi connectivity index (χ3n) is 3.31. The molecule has 0 spiro atoms. The number of nitrogens with zero attached hydrogens (tertiary/aromatic N) is 1. The van der Waals surface area contributed by atoms with E-state index in [2.05, 4.69) is 20.6 Å². The van der Waals surface area contributed by atoms with E-state index in [1.807, 2.05) is 30.3 Å². The molecule has 0 aliphatic rings. The Kier molecular flexibility index (Phi) is 7.21. The Morgan fingerprint density at radius 1 is 1.20 bits per heavy atom. The highest BCUT2D eigenvalue weighted by molar-refractivity contribution is 7.99. The Balaban J connectivity index is 1.80. The largest absolute Gasteiger partial charge is 0.359 e. The molecule has 0 aliphatic heterocycles. The van der Waals surface area contributed by atoms with Gasteiger partial charge in [0.15, 0.2) is 5.16 Å². The van der Waals surface area contributed by atoms with Crippen molar-refractivity contribution in [3.8, 4) is 0 Å². The summed E-state index contributed by atoms with van der Waals surface area (Å²) in [7, 11) is 1.52. The number of H-pyrrole nitrogens is 1. The van der Waals surface area contributed by atoms with Crippen LogP contribution in [-0.2, 0) is 22.4 Å². The SMILES string of the molecule is CNC(=O)Cc1cc(=O)[nH]c(SCC(=O)NCCc2ccccc2)n1. The molecule has 1 aromatic heterocycles. The average Bonchev–Trinajstić information content (AvgIpc) is 2.60. The highest BCUT2D eigenvalue weighted by atomic mass is 32.2. The topological polar surface area (TPSA) is 104 Å². The van der Waals surface area contributed by atoms with Crippen molar-refractivity contribution in [2.45, 2.75) is 18.0 Å². The van der Waals surface area contributed by atoms with Crippen LogP contribution in [0.4, 0.5) is 0 Å². The molecule has 0 aliphatic carbocycles. The van der Waals surface area contributed by atoms with Crippen molar-refractivity contribution in [1.29, 1.82) is 0 Å². The van der Waals surface area contributed by atoms with Gasteiger partial charge in [0.1, 0.15) is 0 Å². The minimum Gasteiger partial charge on any atom is -0.359 e. The second-order valence-corrected chi connectivity index (χ2v) is 6.23. The zero-order valence-electron chi connectivity index (χ0n) is 13.9. The fourth-order valence-corrected chi connectivity index (χ4v) is 2.80. The predicted octanol–water partition coefficient (Wildman–Crippen LogP) is 0.509. The molecule has 1 heterocycles. The van der Waals surface area contributed by atoms with E-state index in [1.54, 1.807) is 0 Å². The first-order chi connectivity index (χ1) is 12.1. The van der Waals surface area contributed by atoms with Crippen LogP contribution >= 0.6 is 11.8 Å². The highest BCUT2D eigenvalue weighted by Gasteiger charge is 2.08.